The highest BCUT2D eigenvalue weighted by Crippen LogP contribution is 2.20. The largest absolute Gasteiger partial charge is 0.332 e. The second-order valence-corrected chi connectivity index (χ2v) is 10.2. The van der Waals surface area contributed by atoms with Gasteiger partial charge >= 0.3 is 0 Å². The molecule has 0 spiro atoms. The van der Waals surface area contributed by atoms with Crippen LogP contribution >= 0.6 is 11.3 Å². The summed E-state index contributed by atoms with van der Waals surface area (Å²) >= 11 is 1.69. The molecular weight excluding hydrogens is 418 g/mol. The summed E-state index contributed by atoms with van der Waals surface area (Å²) in [5, 5.41) is 2.07. The third kappa shape index (κ3) is 7.45. The maximum Gasteiger partial charge on any atom is 0.242 e. The van der Waals surface area contributed by atoms with E-state index in [0.717, 1.165) is 25.2 Å². The first kappa shape index (κ1) is 24.5. The molecule has 0 radical (unpaired) electrons. The van der Waals surface area contributed by atoms with E-state index in [9.17, 15) is 9.59 Å². The van der Waals surface area contributed by atoms with E-state index in [1.165, 1.54) is 23.3 Å². The van der Waals surface area contributed by atoms with Crippen molar-refractivity contribution in [2.75, 3.05) is 32.7 Å². The Kier molecular flexibility index (Phi) is 9.30. The monoisotopic (exact) mass is 455 g/mol. The first-order chi connectivity index (χ1) is 15.4. The van der Waals surface area contributed by atoms with Gasteiger partial charge in [-0.3, -0.25) is 9.59 Å². The summed E-state index contributed by atoms with van der Waals surface area (Å²) in [6, 6.07) is 12.2. The molecule has 1 aromatic heterocycles. The zero-order valence-electron chi connectivity index (χ0n) is 19.8. The molecule has 174 valence electrons. The third-order valence-corrected chi connectivity index (χ3v) is 7.03. The van der Waals surface area contributed by atoms with E-state index in [0.29, 0.717) is 26.1 Å². The zero-order chi connectivity index (χ0) is 22.9. The molecule has 3 rings (SSSR count). The van der Waals surface area contributed by atoms with Crippen LogP contribution in [0.2, 0.25) is 0 Å². The number of thiophene rings is 1. The number of carbonyl (C=O) groups excluding carboxylic acids is 2. The van der Waals surface area contributed by atoms with Gasteiger partial charge in [-0.05, 0) is 61.3 Å². The Balaban J connectivity index is 1.72. The fraction of sp³-hybridized carbons (Fsp3) is 0.538. The van der Waals surface area contributed by atoms with Crippen LogP contribution in [0.5, 0.6) is 0 Å². The van der Waals surface area contributed by atoms with Gasteiger partial charge in [-0.15, -0.1) is 11.3 Å². The molecule has 32 heavy (non-hydrogen) atoms. The molecule has 2 heterocycles. The number of carbonyl (C=O) groups is 2. The fourth-order valence-corrected chi connectivity index (χ4v) is 5.00. The van der Waals surface area contributed by atoms with Gasteiger partial charge in [0.25, 0.3) is 0 Å². The van der Waals surface area contributed by atoms with E-state index in [1.54, 1.807) is 16.2 Å². The van der Waals surface area contributed by atoms with Crippen LogP contribution in [0.1, 0.15) is 49.1 Å². The maximum atomic E-state index is 13.5. The summed E-state index contributed by atoms with van der Waals surface area (Å²) in [5.41, 5.74) is 2.31. The van der Waals surface area contributed by atoms with Crippen molar-refractivity contribution >= 4 is 23.2 Å². The number of rotatable bonds is 11. The molecule has 2 amide bonds. The number of amides is 2. The van der Waals surface area contributed by atoms with Crippen LogP contribution < -0.4 is 0 Å². The molecule has 6 heteroatoms. The van der Waals surface area contributed by atoms with Crippen molar-refractivity contribution in [3.05, 3.63) is 57.8 Å². The Labute approximate surface area is 197 Å². The molecule has 1 aliphatic heterocycles. The van der Waals surface area contributed by atoms with Crippen LogP contribution in [0, 0.1) is 12.8 Å². The van der Waals surface area contributed by atoms with Crippen LogP contribution in [-0.4, -0.2) is 59.2 Å². The molecule has 5 nitrogen and oxygen atoms in total. The Hall–Kier alpha value is -2.18. The van der Waals surface area contributed by atoms with Gasteiger partial charge in [0.05, 0.1) is 13.1 Å². The number of hydrogen-bond donors (Lipinski definition) is 0. The Morgan fingerprint density at radius 2 is 1.72 bits per heavy atom. The molecule has 0 atom stereocenters. The lowest BCUT2D eigenvalue weighted by Gasteiger charge is -2.29. The van der Waals surface area contributed by atoms with Crippen molar-refractivity contribution in [3.8, 4) is 0 Å². The summed E-state index contributed by atoms with van der Waals surface area (Å²) in [6.07, 6.45) is 2.93. The van der Waals surface area contributed by atoms with E-state index >= 15 is 0 Å². The van der Waals surface area contributed by atoms with E-state index in [-0.39, 0.29) is 24.3 Å². The second-order valence-electron chi connectivity index (χ2n) is 9.22. The van der Waals surface area contributed by atoms with Gasteiger partial charge in [0.15, 0.2) is 0 Å². The van der Waals surface area contributed by atoms with E-state index < -0.39 is 0 Å². The molecule has 0 saturated carbocycles. The van der Waals surface area contributed by atoms with Crippen molar-refractivity contribution in [3.63, 3.8) is 0 Å². The number of benzene rings is 1. The number of aryl methyl sites for hydroxylation is 1. The lowest BCUT2D eigenvalue weighted by Crippen LogP contribution is -2.45. The highest BCUT2D eigenvalue weighted by Gasteiger charge is 2.24. The predicted molar refractivity (Wildman–Crippen MR) is 131 cm³/mol. The molecule has 0 N–H and O–H groups in total. The van der Waals surface area contributed by atoms with E-state index in [2.05, 4.69) is 49.3 Å². The molecule has 2 aromatic rings. The van der Waals surface area contributed by atoms with Gasteiger partial charge in [-0.1, -0.05) is 44.2 Å². The number of likely N-dealkylation sites (tertiary alicyclic amines) is 1. The highest BCUT2D eigenvalue weighted by molar-refractivity contribution is 7.10. The number of nitrogens with zero attached hydrogens (tertiary/aromatic N) is 3. The molecule has 1 aliphatic rings. The smallest absolute Gasteiger partial charge is 0.242 e. The van der Waals surface area contributed by atoms with Gasteiger partial charge in [0.1, 0.15) is 0 Å². The summed E-state index contributed by atoms with van der Waals surface area (Å²) in [4.78, 5) is 33.8. The first-order valence-corrected chi connectivity index (χ1v) is 12.6. The van der Waals surface area contributed by atoms with Gasteiger partial charge in [-0.25, -0.2) is 0 Å². The standard InChI is InChI=1S/C26H37N3O2S/c1-21(2)17-25(30)28(15-14-27-12-7-8-13-27)20-26(31)29(18-23-9-5-4-6-10-23)19-24-22(3)11-16-32-24/h4-6,9-11,16,21H,7-8,12-15,17-20H2,1-3H3. The molecule has 1 aromatic carbocycles. The normalized spacial score (nSPS) is 14.1. The predicted octanol–water partition coefficient (Wildman–Crippen LogP) is 4.56. The minimum atomic E-state index is 0.0141. The van der Waals surface area contributed by atoms with Crippen LogP contribution in [0.4, 0.5) is 0 Å². The molecule has 0 unspecified atom stereocenters. The van der Waals surface area contributed by atoms with Gasteiger partial charge in [0, 0.05) is 30.9 Å². The average Bonchev–Trinajstić information content (AvgIpc) is 3.42. The topological polar surface area (TPSA) is 43.9 Å². The lowest BCUT2D eigenvalue weighted by atomic mass is 10.1. The molecule has 1 fully saturated rings. The summed E-state index contributed by atoms with van der Waals surface area (Å²) < 4.78 is 0. The van der Waals surface area contributed by atoms with Crippen LogP contribution in [0.3, 0.4) is 0 Å². The minimum absolute atomic E-state index is 0.0141. The second kappa shape index (κ2) is 12.2. The van der Waals surface area contributed by atoms with Crippen molar-refractivity contribution < 1.29 is 9.59 Å². The lowest BCUT2D eigenvalue weighted by molar-refractivity contribution is -0.141. The Bertz CT molecular complexity index is 859. The number of hydrogen-bond acceptors (Lipinski definition) is 4. The Morgan fingerprint density at radius 1 is 1.00 bits per heavy atom. The van der Waals surface area contributed by atoms with Crippen molar-refractivity contribution in [1.82, 2.24) is 14.7 Å². The van der Waals surface area contributed by atoms with Crippen LogP contribution in [0.15, 0.2) is 41.8 Å². The minimum Gasteiger partial charge on any atom is -0.332 e. The SMILES string of the molecule is Cc1ccsc1CN(Cc1ccccc1)C(=O)CN(CCN1CCCC1)C(=O)CC(C)C. The highest BCUT2D eigenvalue weighted by atomic mass is 32.1. The average molecular weight is 456 g/mol. The van der Waals surface area contributed by atoms with Crippen LogP contribution in [-0.2, 0) is 22.7 Å². The quantitative estimate of drug-likeness (QED) is 0.499. The zero-order valence-corrected chi connectivity index (χ0v) is 20.6. The van der Waals surface area contributed by atoms with Crippen LogP contribution in [0.25, 0.3) is 0 Å². The third-order valence-electron chi connectivity index (χ3n) is 6.02. The Morgan fingerprint density at radius 3 is 2.34 bits per heavy atom. The van der Waals surface area contributed by atoms with Gasteiger partial charge in [0.2, 0.25) is 11.8 Å². The van der Waals surface area contributed by atoms with Crippen molar-refractivity contribution in [1.29, 1.82) is 0 Å². The summed E-state index contributed by atoms with van der Waals surface area (Å²) in [6.45, 7) is 11.1. The van der Waals surface area contributed by atoms with E-state index in [1.807, 2.05) is 23.1 Å². The van der Waals surface area contributed by atoms with E-state index in [4.69, 9.17) is 0 Å². The first-order valence-electron chi connectivity index (χ1n) is 11.8. The summed E-state index contributed by atoms with van der Waals surface area (Å²) in [7, 11) is 0. The molecular formula is C26H37N3O2S. The molecule has 1 saturated heterocycles. The maximum absolute atomic E-state index is 13.5. The van der Waals surface area contributed by atoms with Crippen molar-refractivity contribution in [2.24, 2.45) is 5.92 Å². The molecule has 0 aliphatic carbocycles. The van der Waals surface area contributed by atoms with Crippen molar-refractivity contribution in [2.45, 2.75) is 53.1 Å². The fourth-order valence-electron chi connectivity index (χ4n) is 4.08. The summed E-state index contributed by atoms with van der Waals surface area (Å²) in [5.74, 6) is 0.376. The molecule has 0 bridgehead atoms. The van der Waals surface area contributed by atoms with Gasteiger partial charge in [-0.2, -0.15) is 0 Å². The van der Waals surface area contributed by atoms with Gasteiger partial charge < -0.3 is 14.7 Å².